The van der Waals surface area contributed by atoms with Crippen molar-refractivity contribution in [3.63, 3.8) is 0 Å². The first-order chi connectivity index (χ1) is 17.4. The van der Waals surface area contributed by atoms with E-state index in [0.717, 1.165) is 43.5 Å². The van der Waals surface area contributed by atoms with Gasteiger partial charge in [-0.05, 0) is 67.5 Å². The van der Waals surface area contributed by atoms with Crippen LogP contribution in [0, 0.1) is 11.7 Å². The Morgan fingerprint density at radius 3 is 2.47 bits per heavy atom. The summed E-state index contributed by atoms with van der Waals surface area (Å²) in [6, 6.07) is 11.7. The Morgan fingerprint density at radius 2 is 1.81 bits per heavy atom. The van der Waals surface area contributed by atoms with Gasteiger partial charge in [0.15, 0.2) is 0 Å². The van der Waals surface area contributed by atoms with Gasteiger partial charge in [0.25, 0.3) is 5.91 Å². The topological polar surface area (TPSA) is 60.8 Å². The van der Waals surface area contributed by atoms with Crippen molar-refractivity contribution in [3.8, 4) is 0 Å². The van der Waals surface area contributed by atoms with Gasteiger partial charge in [0, 0.05) is 55.0 Å². The Morgan fingerprint density at radius 1 is 1.11 bits per heavy atom. The first-order valence-electron chi connectivity index (χ1n) is 12.4. The Kier molecular flexibility index (Phi) is 7.04. The molecule has 1 amide bonds. The third kappa shape index (κ3) is 4.62. The average molecular weight is 513 g/mol. The number of likely N-dealkylation sites (tertiary alicyclic amines) is 1. The van der Waals surface area contributed by atoms with E-state index in [9.17, 15) is 14.0 Å². The van der Waals surface area contributed by atoms with Gasteiger partial charge in [-0.2, -0.15) is 0 Å². The van der Waals surface area contributed by atoms with Gasteiger partial charge >= 0.3 is 5.97 Å². The van der Waals surface area contributed by atoms with E-state index in [4.69, 9.17) is 21.1 Å². The summed E-state index contributed by atoms with van der Waals surface area (Å²) in [6.45, 7) is 3.14. The summed E-state index contributed by atoms with van der Waals surface area (Å²) in [5.41, 5.74) is 1.41. The number of fused-ring (bicyclic) bond motifs is 1. The van der Waals surface area contributed by atoms with Crippen molar-refractivity contribution in [1.82, 2.24) is 9.47 Å². The highest BCUT2D eigenvalue weighted by molar-refractivity contribution is 6.31. The molecule has 0 atom stereocenters. The summed E-state index contributed by atoms with van der Waals surface area (Å²) >= 11 is 6.32. The van der Waals surface area contributed by atoms with Gasteiger partial charge < -0.3 is 18.9 Å². The Labute approximate surface area is 214 Å². The number of piperidine rings is 1. The molecule has 0 spiro atoms. The zero-order valence-electron chi connectivity index (χ0n) is 20.3. The minimum atomic E-state index is -0.903. The van der Waals surface area contributed by atoms with Crippen LogP contribution in [0.5, 0.6) is 0 Å². The molecule has 0 N–H and O–H groups in total. The number of methoxy groups -OCH3 is 1. The van der Waals surface area contributed by atoms with Crippen molar-refractivity contribution < 1.29 is 23.5 Å². The second kappa shape index (κ2) is 10.2. The summed E-state index contributed by atoms with van der Waals surface area (Å²) in [4.78, 5) is 28.4. The minimum absolute atomic E-state index is 0.0782. The van der Waals surface area contributed by atoms with Crippen molar-refractivity contribution in [2.75, 3.05) is 33.4 Å². The number of hydrogen-bond acceptors (Lipinski definition) is 4. The quantitative estimate of drug-likeness (QED) is 0.440. The number of halogens is 2. The molecule has 36 heavy (non-hydrogen) atoms. The number of aromatic nitrogens is 1. The molecular formula is C28H30ClFN2O4. The molecule has 0 aliphatic carbocycles. The van der Waals surface area contributed by atoms with Gasteiger partial charge in [0.1, 0.15) is 5.82 Å². The van der Waals surface area contributed by atoms with E-state index in [0.29, 0.717) is 48.0 Å². The lowest BCUT2D eigenvalue weighted by atomic mass is 9.72. The van der Waals surface area contributed by atoms with Gasteiger partial charge in [-0.3, -0.25) is 9.59 Å². The number of amides is 1. The highest BCUT2D eigenvalue weighted by Crippen LogP contribution is 2.38. The number of carbonyl (C=O) groups excluding carboxylic acids is 2. The van der Waals surface area contributed by atoms with Crippen LogP contribution in [0.3, 0.4) is 0 Å². The Balaban J connectivity index is 1.40. The van der Waals surface area contributed by atoms with E-state index in [1.807, 2.05) is 24.4 Å². The van der Waals surface area contributed by atoms with Gasteiger partial charge in [0.2, 0.25) is 0 Å². The zero-order valence-corrected chi connectivity index (χ0v) is 21.1. The number of nitrogens with zero attached hydrogens (tertiary/aromatic N) is 2. The lowest BCUT2D eigenvalue weighted by Gasteiger charge is -2.40. The van der Waals surface area contributed by atoms with Crippen LogP contribution in [0.2, 0.25) is 5.02 Å². The average Bonchev–Trinajstić information content (AvgIpc) is 3.26. The van der Waals surface area contributed by atoms with Gasteiger partial charge in [-0.25, -0.2) is 4.39 Å². The maximum Gasteiger partial charge on any atom is 0.316 e. The van der Waals surface area contributed by atoms with Gasteiger partial charge in [0.05, 0.1) is 18.1 Å². The van der Waals surface area contributed by atoms with Crippen molar-refractivity contribution in [2.24, 2.45) is 5.92 Å². The summed E-state index contributed by atoms with van der Waals surface area (Å²) in [5, 5.41) is 1.42. The third-order valence-corrected chi connectivity index (χ3v) is 7.98. The summed E-state index contributed by atoms with van der Waals surface area (Å²) < 4.78 is 26.3. The van der Waals surface area contributed by atoms with Crippen LogP contribution in [-0.2, 0) is 26.2 Å². The third-order valence-electron chi connectivity index (χ3n) is 7.75. The first kappa shape index (κ1) is 24.8. The van der Waals surface area contributed by atoms with E-state index in [1.54, 1.807) is 17.0 Å². The SMILES string of the molecule is COC(=O)C1(c2ccc(F)cc2)CCN(C(=O)c2cn(CC3CCOCC3)c3ccc(Cl)cc23)CC1. The van der Waals surface area contributed by atoms with Gasteiger partial charge in [-0.1, -0.05) is 23.7 Å². The monoisotopic (exact) mass is 512 g/mol. The molecule has 6 nitrogen and oxygen atoms in total. The number of esters is 1. The van der Waals surface area contributed by atoms with Crippen LogP contribution in [0.1, 0.15) is 41.6 Å². The molecule has 2 saturated heterocycles. The maximum absolute atomic E-state index is 13.7. The van der Waals surface area contributed by atoms with E-state index in [-0.39, 0.29) is 17.7 Å². The highest BCUT2D eigenvalue weighted by Gasteiger charge is 2.45. The van der Waals surface area contributed by atoms with E-state index in [2.05, 4.69) is 4.57 Å². The summed E-state index contributed by atoms with van der Waals surface area (Å²) in [6.07, 6.45) is 4.75. The summed E-state index contributed by atoms with van der Waals surface area (Å²) in [7, 11) is 1.36. The van der Waals surface area contributed by atoms with Gasteiger partial charge in [-0.15, -0.1) is 0 Å². The summed E-state index contributed by atoms with van der Waals surface area (Å²) in [5.74, 6) is -0.298. The standard InChI is InChI=1S/C28H30ClFN2O4/c1-35-27(34)28(20-2-5-22(30)6-3-20)10-12-31(13-11-28)26(33)24-18-32(17-19-8-14-36-15-9-19)25-7-4-21(29)16-23(24)25/h2-7,16,18-19H,8-15,17H2,1H3. The highest BCUT2D eigenvalue weighted by atomic mass is 35.5. The molecule has 0 unspecified atom stereocenters. The number of rotatable bonds is 5. The van der Waals surface area contributed by atoms with E-state index >= 15 is 0 Å². The number of ether oxygens (including phenoxy) is 2. The van der Waals surface area contributed by atoms with Crippen LogP contribution in [0.15, 0.2) is 48.7 Å². The van der Waals surface area contributed by atoms with Crippen molar-refractivity contribution in [2.45, 2.75) is 37.6 Å². The molecule has 0 radical (unpaired) electrons. The van der Waals surface area contributed by atoms with Crippen LogP contribution in [-0.4, -0.2) is 54.8 Å². The van der Waals surface area contributed by atoms with Crippen LogP contribution < -0.4 is 0 Å². The van der Waals surface area contributed by atoms with Crippen LogP contribution >= 0.6 is 11.6 Å². The molecule has 2 fully saturated rings. The fourth-order valence-electron chi connectivity index (χ4n) is 5.63. The molecule has 3 heterocycles. The molecule has 3 aromatic rings. The molecular weight excluding hydrogens is 483 g/mol. The second-order valence-corrected chi connectivity index (χ2v) is 10.2. The minimum Gasteiger partial charge on any atom is -0.468 e. The molecule has 1 aromatic heterocycles. The molecule has 190 valence electrons. The van der Waals surface area contributed by atoms with Crippen molar-refractivity contribution in [3.05, 3.63) is 70.6 Å². The lowest BCUT2D eigenvalue weighted by Crippen LogP contribution is -2.49. The predicted octanol–water partition coefficient (Wildman–Crippen LogP) is 5.21. The van der Waals surface area contributed by atoms with Crippen molar-refractivity contribution in [1.29, 1.82) is 0 Å². The Hall–Kier alpha value is -2.90. The molecule has 0 saturated carbocycles. The number of hydrogen-bond donors (Lipinski definition) is 0. The Bertz CT molecular complexity index is 1260. The molecule has 2 aliphatic rings. The molecule has 8 heteroatoms. The molecule has 2 aliphatic heterocycles. The number of benzene rings is 2. The van der Waals surface area contributed by atoms with Crippen molar-refractivity contribution >= 4 is 34.4 Å². The van der Waals surface area contributed by atoms with E-state index in [1.165, 1.54) is 19.2 Å². The molecule has 2 aromatic carbocycles. The van der Waals surface area contributed by atoms with Crippen LogP contribution in [0.4, 0.5) is 4.39 Å². The van der Waals surface area contributed by atoms with E-state index < -0.39 is 5.41 Å². The first-order valence-corrected chi connectivity index (χ1v) is 12.8. The largest absolute Gasteiger partial charge is 0.468 e. The fourth-order valence-corrected chi connectivity index (χ4v) is 5.81. The predicted molar refractivity (Wildman–Crippen MR) is 136 cm³/mol. The normalized spacial score (nSPS) is 18.4. The maximum atomic E-state index is 13.7. The number of carbonyl (C=O) groups is 2. The zero-order chi connectivity index (χ0) is 25.3. The smallest absolute Gasteiger partial charge is 0.316 e. The molecule has 0 bridgehead atoms. The van der Waals surface area contributed by atoms with Crippen LogP contribution in [0.25, 0.3) is 10.9 Å². The second-order valence-electron chi connectivity index (χ2n) is 9.79. The fraction of sp³-hybridized carbons (Fsp3) is 0.429. The lowest BCUT2D eigenvalue weighted by molar-refractivity contribution is -0.149. The molecule has 5 rings (SSSR count).